The van der Waals surface area contributed by atoms with Gasteiger partial charge in [0.05, 0.1) is 18.5 Å². The van der Waals surface area contributed by atoms with Crippen molar-refractivity contribution in [1.29, 1.82) is 0 Å². The van der Waals surface area contributed by atoms with Crippen molar-refractivity contribution in [3.63, 3.8) is 0 Å². The monoisotopic (exact) mass is 237 g/mol. The number of nitrogens with zero attached hydrogens (tertiary/aromatic N) is 3. The highest BCUT2D eigenvalue weighted by atomic mass is 35.5. The Kier molecular flexibility index (Phi) is 2.88. The van der Waals surface area contributed by atoms with Crippen molar-refractivity contribution in [2.24, 2.45) is 0 Å². The van der Waals surface area contributed by atoms with Crippen LogP contribution in [0.5, 0.6) is 0 Å². The van der Waals surface area contributed by atoms with Gasteiger partial charge in [0.25, 0.3) is 0 Å². The second-order valence-corrected chi connectivity index (χ2v) is 4.38. The number of ether oxygens (including phenoxy) is 1. The predicted molar refractivity (Wildman–Crippen MR) is 50.3 cm³/mol. The Morgan fingerprint density at radius 3 is 2.23 bits per heavy atom. The molecule has 0 unspecified atom stereocenters. The molecule has 1 fully saturated rings. The van der Waals surface area contributed by atoms with Crippen molar-refractivity contribution in [1.82, 2.24) is 15.0 Å². The molecular weight excluding hydrogens is 233 g/mol. The van der Waals surface area contributed by atoms with E-state index in [1.807, 2.05) is 0 Å². The number of halogens is 2. The minimum absolute atomic E-state index is 0.128. The van der Waals surface area contributed by atoms with Crippen molar-refractivity contribution in [2.75, 3.05) is 13.2 Å². The second kappa shape index (κ2) is 3.96. The summed E-state index contributed by atoms with van der Waals surface area (Å²) in [6.07, 6.45) is 0. The first-order chi connectivity index (χ1) is 6.24. The van der Waals surface area contributed by atoms with E-state index in [9.17, 15) is 0 Å². The molecule has 0 N–H and O–H groups in total. The van der Waals surface area contributed by atoms with E-state index in [1.54, 1.807) is 0 Å². The quantitative estimate of drug-likeness (QED) is 0.784. The molecule has 7 heteroatoms. The smallest absolute Gasteiger partial charge is 0.227 e. The van der Waals surface area contributed by atoms with Gasteiger partial charge in [-0.3, -0.25) is 0 Å². The fourth-order valence-corrected chi connectivity index (χ4v) is 2.16. The van der Waals surface area contributed by atoms with Crippen LogP contribution in [0.3, 0.4) is 0 Å². The normalized spacial score (nSPS) is 17.1. The van der Waals surface area contributed by atoms with Gasteiger partial charge in [0, 0.05) is 0 Å². The zero-order valence-electron chi connectivity index (χ0n) is 6.41. The Morgan fingerprint density at radius 1 is 1.15 bits per heavy atom. The maximum Gasteiger partial charge on any atom is 0.227 e. The molecular formula is C6H5Cl2N3OS. The molecule has 0 radical (unpaired) electrons. The van der Waals surface area contributed by atoms with Gasteiger partial charge in [0.15, 0.2) is 5.16 Å². The van der Waals surface area contributed by atoms with Crippen LogP contribution in [0.1, 0.15) is 0 Å². The highest BCUT2D eigenvalue weighted by Gasteiger charge is 2.21. The van der Waals surface area contributed by atoms with Crippen molar-refractivity contribution < 1.29 is 4.74 Å². The van der Waals surface area contributed by atoms with Crippen molar-refractivity contribution in [3.8, 4) is 0 Å². The fourth-order valence-electron chi connectivity index (χ4n) is 0.793. The lowest BCUT2D eigenvalue weighted by atomic mass is 10.4. The molecule has 1 aromatic heterocycles. The molecule has 0 saturated carbocycles. The molecule has 2 heterocycles. The van der Waals surface area contributed by atoms with Crippen LogP contribution in [0.15, 0.2) is 5.16 Å². The van der Waals surface area contributed by atoms with Crippen LogP contribution in [-0.4, -0.2) is 33.4 Å². The Labute approximate surface area is 89.0 Å². The lowest BCUT2D eigenvalue weighted by molar-refractivity contribution is 0.0454. The number of hydrogen-bond acceptors (Lipinski definition) is 5. The number of rotatable bonds is 2. The van der Waals surface area contributed by atoms with Gasteiger partial charge in [-0.05, 0) is 23.2 Å². The molecule has 1 aliphatic rings. The Hall–Kier alpha value is -0.100. The van der Waals surface area contributed by atoms with E-state index in [2.05, 4.69) is 15.0 Å². The minimum atomic E-state index is 0.128. The van der Waals surface area contributed by atoms with Crippen LogP contribution in [0, 0.1) is 0 Å². The molecule has 0 aliphatic carbocycles. The Morgan fingerprint density at radius 2 is 1.77 bits per heavy atom. The average Bonchev–Trinajstić information content (AvgIpc) is 1.95. The highest BCUT2D eigenvalue weighted by Crippen LogP contribution is 2.26. The summed E-state index contributed by atoms with van der Waals surface area (Å²) in [7, 11) is 0. The van der Waals surface area contributed by atoms with Crippen LogP contribution < -0.4 is 0 Å². The lowest BCUT2D eigenvalue weighted by Crippen LogP contribution is -2.30. The molecule has 70 valence electrons. The van der Waals surface area contributed by atoms with Gasteiger partial charge in [-0.2, -0.15) is 15.0 Å². The average molecular weight is 238 g/mol. The third-order valence-corrected chi connectivity index (χ3v) is 2.78. The first-order valence-electron chi connectivity index (χ1n) is 3.55. The summed E-state index contributed by atoms with van der Waals surface area (Å²) in [6.45, 7) is 1.46. The predicted octanol–water partition coefficient (Wildman–Crippen LogP) is 1.67. The summed E-state index contributed by atoms with van der Waals surface area (Å²) in [6, 6.07) is 0. The topological polar surface area (TPSA) is 47.9 Å². The molecule has 0 atom stereocenters. The van der Waals surface area contributed by atoms with E-state index in [4.69, 9.17) is 27.9 Å². The van der Waals surface area contributed by atoms with E-state index >= 15 is 0 Å². The summed E-state index contributed by atoms with van der Waals surface area (Å²) in [4.78, 5) is 11.5. The van der Waals surface area contributed by atoms with Gasteiger partial charge >= 0.3 is 0 Å². The zero-order valence-corrected chi connectivity index (χ0v) is 8.73. The molecule has 0 bridgehead atoms. The van der Waals surface area contributed by atoms with Gasteiger partial charge in [-0.25, -0.2) is 0 Å². The minimum Gasteiger partial charge on any atom is -0.379 e. The third kappa shape index (κ3) is 2.43. The van der Waals surface area contributed by atoms with Crippen LogP contribution in [0.2, 0.25) is 10.6 Å². The maximum atomic E-state index is 5.60. The summed E-state index contributed by atoms with van der Waals surface area (Å²) in [5.41, 5.74) is 0. The standard InChI is InChI=1S/C6H5Cl2N3OS/c7-4-9-5(8)11-6(10-4)13-3-1-12-2-3/h3H,1-2H2. The van der Waals surface area contributed by atoms with E-state index in [0.29, 0.717) is 10.4 Å². The van der Waals surface area contributed by atoms with E-state index in [0.717, 1.165) is 13.2 Å². The molecule has 1 aromatic rings. The molecule has 1 aliphatic heterocycles. The number of hydrogen-bond donors (Lipinski definition) is 0. The van der Waals surface area contributed by atoms with Gasteiger partial charge in [0.1, 0.15) is 0 Å². The first-order valence-corrected chi connectivity index (χ1v) is 5.19. The maximum absolute atomic E-state index is 5.60. The highest BCUT2D eigenvalue weighted by molar-refractivity contribution is 7.99. The van der Waals surface area contributed by atoms with Crippen molar-refractivity contribution >= 4 is 35.0 Å². The number of aromatic nitrogens is 3. The summed E-state index contributed by atoms with van der Waals surface area (Å²) in [5, 5.41) is 1.22. The number of thioether (sulfide) groups is 1. The molecule has 0 aromatic carbocycles. The van der Waals surface area contributed by atoms with E-state index < -0.39 is 0 Å². The molecule has 2 rings (SSSR count). The summed E-state index contributed by atoms with van der Waals surface area (Å²) >= 11 is 12.7. The van der Waals surface area contributed by atoms with Crippen LogP contribution in [-0.2, 0) is 4.74 Å². The summed E-state index contributed by atoms with van der Waals surface area (Å²) < 4.78 is 5.01. The van der Waals surface area contributed by atoms with Gasteiger partial charge in [0.2, 0.25) is 10.6 Å². The molecule has 0 spiro atoms. The summed E-state index contributed by atoms with van der Waals surface area (Å²) in [5.74, 6) is 0. The third-order valence-electron chi connectivity index (χ3n) is 1.44. The van der Waals surface area contributed by atoms with E-state index in [-0.39, 0.29) is 10.6 Å². The van der Waals surface area contributed by atoms with Crippen molar-refractivity contribution in [2.45, 2.75) is 10.4 Å². The molecule has 4 nitrogen and oxygen atoms in total. The van der Waals surface area contributed by atoms with Crippen LogP contribution in [0.25, 0.3) is 0 Å². The largest absolute Gasteiger partial charge is 0.379 e. The SMILES string of the molecule is Clc1nc(Cl)nc(SC2COC2)n1. The second-order valence-electron chi connectivity index (χ2n) is 2.43. The van der Waals surface area contributed by atoms with E-state index in [1.165, 1.54) is 11.8 Å². The van der Waals surface area contributed by atoms with Gasteiger partial charge < -0.3 is 4.74 Å². The molecule has 1 saturated heterocycles. The molecule has 13 heavy (non-hydrogen) atoms. The zero-order chi connectivity index (χ0) is 9.26. The first kappa shape index (κ1) is 9.45. The van der Waals surface area contributed by atoms with Crippen LogP contribution >= 0.6 is 35.0 Å². The van der Waals surface area contributed by atoms with Gasteiger partial charge in [-0.15, -0.1) is 0 Å². The Bertz CT molecular complexity index is 300. The van der Waals surface area contributed by atoms with Crippen molar-refractivity contribution in [3.05, 3.63) is 10.6 Å². The molecule has 0 amide bonds. The van der Waals surface area contributed by atoms with Gasteiger partial charge in [-0.1, -0.05) is 11.8 Å². The lowest BCUT2D eigenvalue weighted by Gasteiger charge is -2.23. The van der Waals surface area contributed by atoms with Crippen LogP contribution in [0.4, 0.5) is 0 Å². The Balaban J connectivity index is 2.10. The fraction of sp³-hybridized carbons (Fsp3) is 0.500.